The molecule has 8 heteroatoms. The van der Waals surface area contributed by atoms with Crippen molar-refractivity contribution in [1.29, 1.82) is 0 Å². The summed E-state index contributed by atoms with van der Waals surface area (Å²) in [4.78, 5) is 35.0. The largest absolute Gasteiger partial charge is 0.479 e. The molecule has 20 heavy (non-hydrogen) atoms. The minimum Gasteiger partial charge on any atom is -0.479 e. The zero-order valence-corrected chi connectivity index (χ0v) is 11.5. The minimum absolute atomic E-state index is 0.0268. The highest BCUT2D eigenvalue weighted by Gasteiger charge is 2.28. The summed E-state index contributed by atoms with van der Waals surface area (Å²) in [7, 11) is 0. The summed E-state index contributed by atoms with van der Waals surface area (Å²) in [5, 5.41) is 11.5. The van der Waals surface area contributed by atoms with E-state index in [0.717, 1.165) is 0 Å². The maximum absolute atomic E-state index is 11.8. The molecule has 1 atom stereocenters. The van der Waals surface area contributed by atoms with E-state index in [-0.39, 0.29) is 31.6 Å². The van der Waals surface area contributed by atoms with Crippen LogP contribution in [0.2, 0.25) is 0 Å². The highest BCUT2D eigenvalue weighted by atomic mass is 16.5. The van der Waals surface area contributed by atoms with E-state index in [1.807, 2.05) is 0 Å². The summed E-state index contributed by atoms with van der Waals surface area (Å²) >= 11 is 0. The van der Waals surface area contributed by atoms with Gasteiger partial charge in [0.1, 0.15) is 0 Å². The van der Waals surface area contributed by atoms with Gasteiger partial charge in [0.2, 0.25) is 0 Å². The van der Waals surface area contributed by atoms with Gasteiger partial charge in [0.05, 0.1) is 19.8 Å². The molecule has 0 aromatic heterocycles. The highest BCUT2D eigenvalue weighted by molar-refractivity contribution is 5.77. The molecule has 1 rings (SSSR count). The first-order chi connectivity index (χ1) is 9.54. The fraction of sp³-hybridized carbons (Fsp3) is 0.750. The Kier molecular flexibility index (Phi) is 6.78. The van der Waals surface area contributed by atoms with Gasteiger partial charge in [-0.3, -0.25) is 4.79 Å². The van der Waals surface area contributed by atoms with E-state index in [4.69, 9.17) is 14.6 Å². The normalized spacial score (nSPS) is 18.4. The monoisotopic (exact) mass is 288 g/mol. The lowest BCUT2D eigenvalue weighted by Gasteiger charge is -2.30. The Labute approximate surface area is 117 Å². The van der Waals surface area contributed by atoms with Gasteiger partial charge in [-0.2, -0.15) is 0 Å². The third kappa shape index (κ3) is 5.43. The van der Waals surface area contributed by atoms with Crippen molar-refractivity contribution in [1.82, 2.24) is 10.2 Å². The van der Waals surface area contributed by atoms with E-state index >= 15 is 0 Å². The van der Waals surface area contributed by atoms with Crippen molar-refractivity contribution in [2.24, 2.45) is 0 Å². The zero-order valence-electron chi connectivity index (χ0n) is 11.5. The van der Waals surface area contributed by atoms with Gasteiger partial charge in [-0.25, -0.2) is 9.59 Å². The predicted molar refractivity (Wildman–Crippen MR) is 68.2 cm³/mol. The number of amides is 2. The van der Waals surface area contributed by atoms with Crippen molar-refractivity contribution in [3.63, 3.8) is 0 Å². The van der Waals surface area contributed by atoms with Crippen LogP contribution in [0.4, 0.5) is 4.79 Å². The molecule has 8 nitrogen and oxygen atoms in total. The number of morpholine rings is 1. The van der Waals surface area contributed by atoms with Crippen LogP contribution >= 0.6 is 0 Å². The molecule has 1 aliphatic heterocycles. The maximum atomic E-state index is 11.8. The van der Waals surface area contributed by atoms with Gasteiger partial charge in [0, 0.05) is 19.5 Å². The van der Waals surface area contributed by atoms with Crippen LogP contribution in [0, 0.1) is 0 Å². The Bertz CT molecular complexity index is 360. The lowest BCUT2D eigenvalue weighted by atomic mass is 10.3. The Morgan fingerprint density at radius 3 is 2.85 bits per heavy atom. The summed E-state index contributed by atoms with van der Waals surface area (Å²) < 4.78 is 9.78. The summed E-state index contributed by atoms with van der Waals surface area (Å²) in [5.41, 5.74) is 0. The fourth-order valence-corrected chi connectivity index (χ4v) is 1.76. The molecule has 2 N–H and O–H groups in total. The first kappa shape index (κ1) is 16.2. The second-order valence-electron chi connectivity index (χ2n) is 4.28. The molecule has 1 heterocycles. The van der Waals surface area contributed by atoms with Gasteiger partial charge in [0.25, 0.3) is 0 Å². The summed E-state index contributed by atoms with van der Waals surface area (Å²) in [6, 6.07) is -0.344. The Morgan fingerprint density at radius 2 is 2.20 bits per heavy atom. The number of carbonyl (C=O) groups is 3. The lowest BCUT2D eigenvalue weighted by molar-refractivity contribution is -0.154. The number of carbonyl (C=O) groups excluding carboxylic acids is 2. The van der Waals surface area contributed by atoms with Crippen molar-refractivity contribution < 1.29 is 29.0 Å². The Morgan fingerprint density at radius 1 is 1.45 bits per heavy atom. The number of carboxylic acids is 1. The second-order valence-corrected chi connectivity index (χ2v) is 4.28. The first-order valence-electron chi connectivity index (χ1n) is 6.57. The van der Waals surface area contributed by atoms with Gasteiger partial charge in [-0.15, -0.1) is 0 Å². The maximum Gasteiger partial charge on any atom is 0.334 e. The number of esters is 1. The smallest absolute Gasteiger partial charge is 0.334 e. The summed E-state index contributed by atoms with van der Waals surface area (Å²) in [6.45, 7) is 3.00. The fourth-order valence-electron chi connectivity index (χ4n) is 1.76. The molecule has 114 valence electrons. The zero-order chi connectivity index (χ0) is 15.0. The van der Waals surface area contributed by atoms with Crippen LogP contribution in [-0.2, 0) is 19.1 Å². The van der Waals surface area contributed by atoms with Gasteiger partial charge in [-0.1, -0.05) is 0 Å². The van der Waals surface area contributed by atoms with Crippen LogP contribution in [0.15, 0.2) is 0 Å². The van der Waals surface area contributed by atoms with Gasteiger partial charge in [-0.05, 0) is 13.3 Å². The van der Waals surface area contributed by atoms with E-state index in [0.29, 0.717) is 26.1 Å². The SMILES string of the molecule is CCOC(=O)CCCNC(=O)N1CCOC(C(=O)O)C1. The molecule has 0 saturated carbocycles. The van der Waals surface area contributed by atoms with Gasteiger partial charge < -0.3 is 24.8 Å². The van der Waals surface area contributed by atoms with E-state index in [1.54, 1.807) is 6.92 Å². The molecule has 0 spiro atoms. The number of ether oxygens (including phenoxy) is 2. The van der Waals surface area contributed by atoms with Gasteiger partial charge >= 0.3 is 18.0 Å². The molecule has 1 saturated heterocycles. The average molecular weight is 288 g/mol. The molecule has 0 radical (unpaired) electrons. The number of aliphatic carboxylic acids is 1. The second kappa shape index (κ2) is 8.36. The topological polar surface area (TPSA) is 105 Å². The van der Waals surface area contributed by atoms with Crippen LogP contribution in [0.3, 0.4) is 0 Å². The number of hydrogen-bond donors (Lipinski definition) is 2. The quantitative estimate of drug-likeness (QED) is 0.519. The minimum atomic E-state index is -1.08. The molecule has 1 fully saturated rings. The number of hydrogen-bond acceptors (Lipinski definition) is 5. The van der Waals surface area contributed by atoms with Crippen LogP contribution in [0.1, 0.15) is 19.8 Å². The van der Waals surface area contributed by atoms with Crippen molar-refractivity contribution in [2.45, 2.75) is 25.9 Å². The molecule has 0 aromatic rings. The Hall–Kier alpha value is -1.83. The van der Waals surface area contributed by atoms with Crippen LogP contribution in [0.25, 0.3) is 0 Å². The highest BCUT2D eigenvalue weighted by Crippen LogP contribution is 2.05. The number of rotatable bonds is 6. The van der Waals surface area contributed by atoms with Crippen LogP contribution in [0.5, 0.6) is 0 Å². The van der Waals surface area contributed by atoms with Crippen molar-refractivity contribution in [3.05, 3.63) is 0 Å². The first-order valence-corrected chi connectivity index (χ1v) is 6.57. The molecule has 1 aliphatic rings. The van der Waals surface area contributed by atoms with E-state index < -0.39 is 12.1 Å². The summed E-state index contributed by atoms with van der Waals surface area (Å²) in [6.07, 6.45) is -0.249. The third-order valence-electron chi connectivity index (χ3n) is 2.77. The van der Waals surface area contributed by atoms with Crippen LogP contribution in [-0.4, -0.2) is 66.9 Å². The molecular formula is C12H20N2O6. The third-order valence-corrected chi connectivity index (χ3v) is 2.77. The predicted octanol–water partition coefficient (Wildman–Crippen LogP) is -0.175. The number of urea groups is 1. The van der Waals surface area contributed by atoms with Crippen molar-refractivity contribution >= 4 is 18.0 Å². The molecule has 2 amide bonds. The number of nitrogens with zero attached hydrogens (tertiary/aromatic N) is 1. The van der Waals surface area contributed by atoms with E-state index in [9.17, 15) is 14.4 Å². The number of nitrogens with one attached hydrogen (secondary N) is 1. The lowest BCUT2D eigenvalue weighted by Crippen LogP contribution is -2.51. The molecule has 1 unspecified atom stereocenters. The molecule has 0 bridgehead atoms. The number of carboxylic acid groups (broad SMARTS) is 1. The molecular weight excluding hydrogens is 268 g/mol. The summed E-state index contributed by atoms with van der Waals surface area (Å²) in [5.74, 6) is -1.37. The molecule has 0 aliphatic carbocycles. The van der Waals surface area contributed by atoms with Crippen molar-refractivity contribution in [3.8, 4) is 0 Å². The standard InChI is InChI=1S/C12H20N2O6/c1-2-19-10(15)4-3-5-13-12(18)14-6-7-20-9(8-14)11(16)17/h9H,2-8H2,1H3,(H,13,18)(H,16,17). The van der Waals surface area contributed by atoms with E-state index in [2.05, 4.69) is 5.32 Å². The van der Waals surface area contributed by atoms with Gasteiger partial charge in [0.15, 0.2) is 6.10 Å². The van der Waals surface area contributed by atoms with E-state index in [1.165, 1.54) is 4.90 Å². The van der Waals surface area contributed by atoms with Crippen molar-refractivity contribution in [2.75, 3.05) is 32.8 Å². The molecule has 0 aromatic carbocycles. The average Bonchev–Trinajstić information content (AvgIpc) is 2.43. The van der Waals surface area contributed by atoms with Crippen LogP contribution < -0.4 is 5.32 Å². The Balaban J connectivity index is 2.22.